The molecule has 0 aliphatic rings. The molecule has 0 saturated heterocycles. The van der Waals surface area contributed by atoms with Gasteiger partial charge >= 0.3 is 0 Å². The zero-order valence-electron chi connectivity index (χ0n) is 10.4. The van der Waals surface area contributed by atoms with Crippen LogP contribution in [-0.2, 0) is 5.75 Å². The van der Waals surface area contributed by atoms with Crippen molar-refractivity contribution < 1.29 is 8.78 Å². The Morgan fingerprint density at radius 1 is 1.24 bits per heavy atom. The summed E-state index contributed by atoms with van der Waals surface area (Å²) in [6.07, 6.45) is 0. The van der Waals surface area contributed by atoms with Gasteiger partial charge in [0.25, 0.3) is 5.56 Å². The van der Waals surface area contributed by atoms with Gasteiger partial charge in [0.2, 0.25) is 0 Å². The molecule has 5 nitrogen and oxygen atoms in total. The minimum absolute atomic E-state index is 0.267. The van der Waals surface area contributed by atoms with E-state index in [2.05, 4.69) is 15.0 Å². The Morgan fingerprint density at radius 3 is 2.67 bits per heavy atom. The molecule has 2 aromatic heterocycles. The second-order valence-electron chi connectivity index (χ2n) is 4.14. The molecule has 0 radical (unpaired) electrons. The quantitative estimate of drug-likeness (QED) is 0.571. The van der Waals surface area contributed by atoms with Crippen molar-refractivity contribution in [1.29, 1.82) is 0 Å². The lowest BCUT2D eigenvalue weighted by Crippen LogP contribution is -2.07. The number of hydrogen-bond donors (Lipinski definition) is 2. The number of nitrogens with one attached hydrogen (secondary N) is 1. The third-order valence-corrected chi connectivity index (χ3v) is 4.38. The predicted octanol–water partition coefficient (Wildman–Crippen LogP) is 2.53. The Kier molecular flexibility index (Phi) is 3.60. The second-order valence-corrected chi connectivity index (χ2v) is 6.14. The molecule has 0 bridgehead atoms. The highest BCUT2D eigenvalue weighted by atomic mass is 32.2. The topological polar surface area (TPSA) is 84.7 Å². The SMILES string of the molecule is Nc1nc2[nH]c(SCc3cc(F)cc(F)c3)nc(=O)c2s1. The number of aromatic nitrogens is 3. The van der Waals surface area contributed by atoms with Crippen molar-refractivity contribution in [3.63, 3.8) is 0 Å². The highest BCUT2D eigenvalue weighted by Gasteiger charge is 2.10. The number of aromatic amines is 1. The van der Waals surface area contributed by atoms with Gasteiger partial charge in [-0.15, -0.1) is 0 Å². The van der Waals surface area contributed by atoms with Crippen molar-refractivity contribution in [2.75, 3.05) is 5.73 Å². The molecular weight excluding hydrogens is 318 g/mol. The Bertz CT molecular complexity index is 857. The summed E-state index contributed by atoms with van der Waals surface area (Å²) in [4.78, 5) is 22.5. The van der Waals surface area contributed by atoms with E-state index in [9.17, 15) is 13.6 Å². The van der Waals surface area contributed by atoms with E-state index in [4.69, 9.17) is 5.73 Å². The van der Waals surface area contributed by atoms with E-state index in [0.29, 0.717) is 21.1 Å². The molecule has 0 aliphatic carbocycles. The summed E-state index contributed by atoms with van der Waals surface area (Å²) in [6, 6.07) is 3.26. The Balaban J connectivity index is 1.86. The number of thiazole rings is 1. The molecule has 3 aromatic rings. The first kappa shape index (κ1) is 14.0. The minimum Gasteiger partial charge on any atom is -0.375 e. The molecular formula is C12H8F2N4OS2. The Morgan fingerprint density at radius 2 is 1.95 bits per heavy atom. The average Bonchev–Trinajstić information content (AvgIpc) is 2.76. The molecule has 3 N–H and O–H groups in total. The average molecular weight is 326 g/mol. The molecule has 0 aliphatic heterocycles. The fourth-order valence-electron chi connectivity index (χ4n) is 1.75. The van der Waals surface area contributed by atoms with Crippen LogP contribution >= 0.6 is 23.1 Å². The fraction of sp³-hybridized carbons (Fsp3) is 0.0833. The van der Waals surface area contributed by atoms with E-state index >= 15 is 0 Å². The first-order valence-electron chi connectivity index (χ1n) is 5.75. The van der Waals surface area contributed by atoms with Crippen LogP contribution in [0.4, 0.5) is 13.9 Å². The van der Waals surface area contributed by atoms with Gasteiger partial charge in [0.1, 0.15) is 16.3 Å². The third kappa shape index (κ3) is 3.03. The normalized spacial score (nSPS) is 11.1. The second kappa shape index (κ2) is 5.41. The zero-order valence-corrected chi connectivity index (χ0v) is 12.0. The summed E-state index contributed by atoms with van der Waals surface area (Å²) >= 11 is 2.21. The molecule has 21 heavy (non-hydrogen) atoms. The summed E-state index contributed by atoms with van der Waals surface area (Å²) in [6.45, 7) is 0. The van der Waals surface area contributed by atoms with Gasteiger partial charge in [-0.1, -0.05) is 23.1 Å². The molecule has 0 spiro atoms. The van der Waals surface area contributed by atoms with Crippen LogP contribution in [0.1, 0.15) is 5.56 Å². The maximum Gasteiger partial charge on any atom is 0.293 e. The lowest BCUT2D eigenvalue weighted by atomic mass is 10.2. The number of fused-ring (bicyclic) bond motifs is 1. The summed E-state index contributed by atoms with van der Waals surface area (Å²) in [5.41, 5.74) is 5.94. The van der Waals surface area contributed by atoms with E-state index in [-0.39, 0.29) is 10.9 Å². The number of nitrogens with zero attached hydrogens (tertiary/aromatic N) is 2. The molecule has 3 rings (SSSR count). The highest BCUT2D eigenvalue weighted by Crippen LogP contribution is 2.23. The number of nitrogen functional groups attached to an aromatic ring is 1. The van der Waals surface area contributed by atoms with Crippen molar-refractivity contribution in [3.05, 3.63) is 45.8 Å². The number of H-pyrrole nitrogens is 1. The van der Waals surface area contributed by atoms with Gasteiger partial charge in [0.15, 0.2) is 15.9 Å². The van der Waals surface area contributed by atoms with Gasteiger partial charge < -0.3 is 10.7 Å². The van der Waals surface area contributed by atoms with Crippen LogP contribution in [-0.4, -0.2) is 15.0 Å². The van der Waals surface area contributed by atoms with E-state index in [1.165, 1.54) is 12.1 Å². The maximum atomic E-state index is 13.1. The monoisotopic (exact) mass is 326 g/mol. The number of halogens is 2. The van der Waals surface area contributed by atoms with Gasteiger partial charge in [0, 0.05) is 11.8 Å². The van der Waals surface area contributed by atoms with Gasteiger partial charge in [0.05, 0.1) is 0 Å². The van der Waals surface area contributed by atoms with Gasteiger partial charge in [-0.3, -0.25) is 4.79 Å². The lowest BCUT2D eigenvalue weighted by molar-refractivity contribution is 0.581. The molecule has 108 valence electrons. The van der Waals surface area contributed by atoms with Gasteiger partial charge in [-0.05, 0) is 17.7 Å². The largest absolute Gasteiger partial charge is 0.375 e. The molecule has 0 amide bonds. The van der Waals surface area contributed by atoms with Gasteiger partial charge in [-0.25, -0.2) is 13.8 Å². The summed E-state index contributed by atoms with van der Waals surface area (Å²) in [5, 5.41) is 0.594. The van der Waals surface area contributed by atoms with Crippen LogP contribution in [0.15, 0.2) is 28.2 Å². The fourth-order valence-corrected chi connectivity index (χ4v) is 3.21. The van der Waals surface area contributed by atoms with E-state index < -0.39 is 17.2 Å². The number of thioether (sulfide) groups is 1. The van der Waals surface area contributed by atoms with Gasteiger partial charge in [-0.2, -0.15) is 4.98 Å². The predicted molar refractivity (Wildman–Crippen MR) is 78.4 cm³/mol. The molecule has 1 aromatic carbocycles. The summed E-state index contributed by atoms with van der Waals surface area (Å²) in [5.74, 6) is -1.02. The molecule has 2 heterocycles. The van der Waals surface area contributed by atoms with E-state index in [1.54, 1.807) is 0 Å². The zero-order chi connectivity index (χ0) is 15.0. The first-order chi connectivity index (χ1) is 10.0. The molecule has 9 heteroatoms. The third-order valence-electron chi connectivity index (χ3n) is 2.56. The molecule has 0 atom stereocenters. The number of benzene rings is 1. The van der Waals surface area contributed by atoms with Crippen LogP contribution in [0.2, 0.25) is 0 Å². The van der Waals surface area contributed by atoms with Crippen LogP contribution in [0.3, 0.4) is 0 Å². The molecule has 0 fully saturated rings. The van der Waals surface area contributed by atoms with Crippen molar-refractivity contribution >= 4 is 38.6 Å². The van der Waals surface area contributed by atoms with Crippen molar-refractivity contribution in [2.24, 2.45) is 0 Å². The minimum atomic E-state index is -0.644. The highest BCUT2D eigenvalue weighted by molar-refractivity contribution is 7.98. The number of rotatable bonds is 3. The molecule has 0 unspecified atom stereocenters. The van der Waals surface area contributed by atoms with Crippen LogP contribution in [0.25, 0.3) is 10.3 Å². The van der Waals surface area contributed by atoms with E-state index in [1.807, 2.05) is 0 Å². The number of hydrogen-bond acceptors (Lipinski definition) is 6. The summed E-state index contributed by atoms with van der Waals surface area (Å²) in [7, 11) is 0. The van der Waals surface area contributed by atoms with Crippen LogP contribution in [0.5, 0.6) is 0 Å². The van der Waals surface area contributed by atoms with Crippen molar-refractivity contribution in [2.45, 2.75) is 10.9 Å². The smallest absolute Gasteiger partial charge is 0.293 e. The lowest BCUT2D eigenvalue weighted by Gasteiger charge is -2.02. The van der Waals surface area contributed by atoms with Crippen molar-refractivity contribution in [1.82, 2.24) is 15.0 Å². The molecule has 0 saturated carbocycles. The van der Waals surface area contributed by atoms with Crippen LogP contribution < -0.4 is 11.3 Å². The van der Waals surface area contributed by atoms with Crippen LogP contribution in [0, 0.1) is 11.6 Å². The Labute approximate surface area is 125 Å². The Hall–Kier alpha value is -2.00. The summed E-state index contributed by atoms with van der Waals surface area (Å²) < 4.78 is 26.5. The maximum absolute atomic E-state index is 13.1. The first-order valence-corrected chi connectivity index (χ1v) is 7.55. The standard InChI is InChI=1S/C12H8F2N4OS2/c13-6-1-5(2-7(14)3-6)4-20-12-17-9-8(10(19)18-12)21-11(15)16-9/h1-3H,4H2,(H3,15,16,17,18,19). The number of anilines is 1. The van der Waals surface area contributed by atoms with Crippen molar-refractivity contribution in [3.8, 4) is 0 Å². The number of nitrogens with two attached hydrogens (primary N) is 1. The van der Waals surface area contributed by atoms with E-state index in [0.717, 1.165) is 29.2 Å².